The first-order valence-corrected chi connectivity index (χ1v) is 6.40. The molecule has 7 heteroatoms. The average Bonchev–Trinajstić information content (AvgIpc) is 2.37. The second kappa shape index (κ2) is 5.81. The fourth-order valence-corrected chi connectivity index (χ4v) is 2.39. The molecule has 2 aromatic rings. The monoisotopic (exact) mass is 340 g/mol. The zero-order valence-electron chi connectivity index (χ0n) is 10.2. The van der Waals surface area contributed by atoms with Gasteiger partial charge in [0.2, 0.25) is 0 Å². The smallest absolute Gasteiger partial charge is 0.205 e. The highest BCUT2D eigenvalue weighted by molar-refractivity contribution is 6.36. The quantitative estimate of drug-likeness (QED) is 0.539. The Hall–Kier alpha value is -1.33. The van der Waals surface area contributed by atoms with Gasteiger partial charge in [0.05, 0.1) is 5.56 Å². The zero-order valence-corrected chi connectivity index (χ0v) is 11.7. The van der Waals surface area contributed by atoms with Crippen molar-refractivity contribution < 1.29 is 22.0 Å². The van der Waals surface area contributed by atoms with Gasteiger partial charge in [-0.05, 0) is 23.8 Å². The Morgan fingerprint density at radius 3 is 2.00 bits per heavy atom. The second-order valence-electron chi connectivity index (χ2n) is 4.23. The minimum absolute atomic E-state index is 0.0118. The topological polar surface area (TPSA) is 0 Å². The minimum atomic E-state index is -4.77. The molecular formula is C14H7Cl2F5. The van der Waals surface area contributed by atoms with Gasteiger partial charge < -0.3 is 0 Å². The van der Waals surface area contributed by atoms with Crippen molar-refractivity contribution in [3.8, 4) is 11.1 Å². The van der Waals surface area contributed by atoms with Gasteiger partial charge in [0, 0.05) is 21.2 Å². The molecule has 0 bridgehead atoms. The van der Waals surface area contributed by atoms with E-state index in [1.54, 1.807) is 0 Å². The molecule has 2 aromatic carbocycles. The van der Waals surface area contributed by atoms with E-state index in [9.17, 15) is 22.0 Å². The Labute approximate surface area is 127 Å². The van der Waals surface area contributed by atoms with E-state index in [4.69, 9.17) is 23.2 Å². The van der Waals surface area contributed by atoms with Crippen LogP contribution in [0.1, 0.15) is 17.6 Å². The molecule has 0 atom stereocenters. The highest BCUT2D eigenvalue weighted by Crippen LogP contribution is 2.41. The van der Waals surface area contributed by atoms with Crippen LogP contribution in [0.5, 0.6) is 0 Å². The number of rotatable bonds is 2. The van der Waals surface area contributed by atoms with E-state index in [0.717, 1.165) is 12.1 Å². The first-order valence-electron chi connectivity index (χ1n) is 5.65. The van der Waals surface area contributed by atoms with Gasteiger partial charge in [-0.1, -0.05) is 41.4 Å². The van der Waals surface area contributed by atoms with Crippen LogP contribution in [0, 0.1) is 0 Å². The van der Waals surface area contributed by atoms with Crippen molar-refractivity contribution in [2.45, 2.75) is 12.6 Å². The minimum Gasteiger partial charge on any atom is -0.205 e. The predicted octanol–water partition coefficient (Wildman–Crippen LogP) is 6.62. The molecule has 0 radical (unpaired) electrons. The average molecular weight is 341 g/mol. The van der Waals surface area contributed by atoms with Crippen molar-refractivity contribution in [2.24, 2.45) is 0 Å². The van der Waals surface area contributed by atoms with Crippen molar-refractivity contribution in [3.63, 3.8) is 0 Å². The summed E-state index contributed by atoms with van der Waals surface area (Å²) >= 11 is 11.6. The summed E-state index contributed by atoms with van der Waals surface area (Å²) in [4.78, 5) is 0. The summed E-state index contributed by atoms with van der Waals surface area (Å²) in [6, 6.07) is 6.35. The van der Waals surface area contributed by atoms with Crippen molar-refractivity contribution in [2.75, 3.05) is 0 Å². The van der Waals surface area contributed by atoms with Crippen LogP contribution in [0.4, 0.5) is 22.0 Å². The highest BCUT2D eigenvalue weighted by atomic mass is 35.5. The number of alkyl halides is 5. The van der Waals surface area contributed by atoms with Crippen molar-refractivity contribution >= 4 is 23.2 Å². The summed E-state index contributed by atoms with van der Waals surface area (Å²) in [6.45, 7) is 0. The van der Waals surface area contributed by atoms with Crippen LogP contribution in [-0.2, 0) is 6.18 Å². The first kappa shape index (κ1) is 16.0. The molecule has 0 saturated heterocycles. The summed E-state index contributed by atoms with van der Waals surface area (Å²) in [6.07, 6.45) is -7.76. The molecular weight excluding hydrogens is 334 g/mol. The van der Waals surface area contributed by atoms with Crippen molar-refractivity contribution in [3.05, 3.63) is 57.6 Å². The fourth-order valence-electron chi connectivity index (χ4n) is 1.87. The number of halogens is 7. The summed E-state index contributed by atoms with van der Waals surface area (Å²) in [5.74, 6) is 0. The molecule has 0 saturated carbocycles. The van der Waals surface area contributed by atoms with Gasteiger partial charge in [-0.15, -0.1) is 0 Å². The Morgan fingerprint density at radius 1 is 0.857 bits per heavy atom. The fraction of sp³-hybridized carbons (Fsp3) is 0.143. The molecule has 0 aliphatic rings. The Morgan fingerprint density at radius 2 is 1.48 bits per heavy atom. The van der Waals surface area contributed by atoms with Crippen molar-refractivity contribution in [1.82, 2.24) is 0 Å². The summed E-state index contributed by atoms with van der Waals surface area (Å²) < 4.78 is 64.4. The third-order valence-electron chi connectivity index (χ3n) is 2.82. The number of benzene rings is 2. The standard InChI is InChI=1S/C14H7Cl2F5/c15-8-2-4-10(12(16)6-8)9-3-1-7(13(17)18)5-11(9)14(19,20)21/h1-6,13H. The van der Waals surface area contributed by atoms with E-state index in [1.807, 2.05) is 0 Å². The van der Waals surface area contributed by atoms with E-state index < -0.39 is 23.7 Å². The lowest BCUT2D eigenvalue weighted by molar-refractivity contribution is -0.137. The lowest BCUT2D eigenvalue weighted by atomic mass is 9.97. The van der Waals surface area contributed by atoms with E-state index in [-0.39, 0.29) is 21.2 Å². The van der Waals surface area contributed by atoms with Gasteiger partial charge in [-0.3, -0.25) is 0 Å². The summed E-state index contributed by atoms with van der Waals surface area (Å²) in [5, 5.41) is 0.277. The van der Waals surface area contributed by atoms with Crippen LogP contribution in [-0.4, -0.2) is 0 Å². The van der Waals surface area contributed by atoms with Crippen LogP contribution < -0.4 is 0 Å². The number of hydrogen-bond donors (Lipinski definition) is 0. The second-order valence-corrected chi connectivity index (χ2v) is 5.07. The maximum atomic E-state index is 13.1. The maximum Gasteiger partial charge on any atom is 0.417 e. The third kappa shape index (κ3) is 3.47. The molecule has 0 aliphatic heterocycles. The maximum absolute atomic E-state index is 13.1. The predicted molar refractivity (Wildman–Crippen MR) is 71.9 cm³/mol. The van der Waals surface area contributed by atoms with E-state index in [0.29, 0.717) is 6.07 Å². The van der Waals surface area contributed by atoms with E-state index in [2.05, 4.69) is 0 Å². The largest absolute Gasteiger partial charge is 0.417 e. The molecule has 0 N–H and O–H groups in total. The summed E-state index contributed by atoms with van der Waals surface area (Å²) in [7, 11) is 0. The van der Waals surface area contributed by atoms with Crippen LogP contribution in [0.3, 0.4) is 0 Å². The molecule has 0 unspecified atom stereocenters. The Bertz CT molecular complexity index is 665. The molecule has 21 heavy (non-hydrogen) atoms. The summed E-state index contributed by atoms with van der Waals surface area (Å²) in [5.41, 5.74) is -2.05. The molecule has 112 valence electrons. The Kier molecular flexibility index (Phi) is 4.44. The van der Waals surface area contributed by atoms with Gasteiger partial charge in [0.25, 0.3) is 6.43 Å². The third-order valence-corrected chi connectivity index (χ3v) is 3.37. The Balaban J connectivity index is 2.68. The number of hydrogen-bond acceptors (Lipinski definition) is 0. The first-order chi connectivity index (χ1) is 9.70. The lowest BCUT2D eigenvalue weighted by Gasteiger charge is -2.15. The van der Waals surface area contributed by atoms with Crippen molar-refractivity contribution in [1.29, 1.82) is 0 Å². The molecule has 0 spiro atoms. The lowest BCUT2D eigenvalue weighted by Crippen LogP contribution is -2.08. The molecule has 0 fully saturated rings. The van der Waals surface area contributed by atoms with Gasteiger partial charge in [-0.2, -0.15) is 13.2 Å². The highest BCUT2D eigenvalue weighted by Gasteiger charge is 2.35. The molecule has 0 aromatic heterocycles. The van der Waals surface area contributed by atoms with E-state index in [1.165, 1.54) is 18.2 Å². The van der Waals surface area contributed by atoms with Gasteiger partial charge >= 0.3 is 6.18 Å². The van der Waals surface area contributed by atoms with Gasteiger partial charge in [0.15, 0.2) is 0 Å². The molecule has 0 heterocycles. The SMILES string of the molecule is FC(F)c1ccc(-c2ccc(Cl)cc2Cl)c(C(F)(F)F)c1. The zero-order chi connectivity index (χ0) is 15.8. The normalized spacial score (nSPS) is 12.0. The molecule has 0 amide bonds. The van der Waals surface area contributed by atoms with Crippen LogP contribution in [0.25, 0.3) is 11.1 Å². The molecule has 2 rings (SSSR count). The molecule has 0 aliphatic carbocycles. The van der Waals surface area contributed by atoms with Gasteiger partial charge in [-0.25, -0.2) is 8.78 Å². The molecule has 0 nitrogen and oxygen atoms in total. The van der Waals surface area contributed by atoms with Crippen LogP contribution in [0.15, 0.2) is 36.4 Å². The van der Waals surface area contributed by atoms with E-state index >= 15 is 0 Å². The van der Waals surface area contributed by atoms with Crippen LogP contribution in [0.2, 0.25) is 10.0 Å². The van der Waals surface area contributed by atoms with Crippen LogP contribution >= 0.6 is 23.2 Å². The van der Waals surface area contributed by atoms with Gasteiger partial charge in [0.1, 0.15) is 0 Å².